The fourth-order valence-corrected chi connectivity index (χ4v) is 1.29. The van der Waals surface area contributed by atoms with Gasteiger partial charge in [0.05, 0.1) is 11.5 Å². The molecule has 102 valence electrons. The summed E-state index contributed by atoms with van der Waals surface area (Å²) in [6.45, 7) is 4.15. The van der Waals surface area contributed by atoms with Crippen LogP contribution in [-0.2, 0) is 4.74 Å². The van der Waals surface area contributed by atoms with Crippen LogP contribution in [0.4, 0.5) is 5.69 Å². The van der Waals surface area contributed by atoms with Gasteiger partial charge in [0.15, 0.2) is 0 Å². The molecule has 0 atom stereocenters. The molecule has 0 unspecified atom stereocenters. The van der Waals surface area contributed by atoms with E-state index in [2.05, 4.69) is 10.5 Å². The van der Waals surface area contributed by atoms with Crippen molar-refractivity contribution in [2.45, 2.75) is 20.3 Å². The predicted molar refractivity (Wildman–Crippen MR) is 69.9 cm³/mol. The Morgan fingerprint density at radius 1 is 1.37 bits per heavy atom. The Kier molecular flexibility index (Phi) is 5.46. The molecule has 0 aliphatic carbocycles. The lowest BCUT2D eigenvalue weighted by Gasteiger charge is -2.05. The highest BCUT2D eigenvalue weighted by Crippen LogP contribution is 2.11. The van der Waals surface area contributed by atoms with Crippen molar-refractivity contribution in [1.29, 1.82) is 0 Å². The van der Waals surface area contributed by atoms with Gasteiger partial charge in [-0.2, -0.15) is 0 Å². The Morgan fingerprint density at radius 2 is 2.00 bits per heavy atom. The second kappa shape index (κ2) is 7.10. The van der Waals surface area contributed by atoms with Gasteiger partial charge in [0.1, 0.15) is 0 Å². The number of benzene rings is 1. The minimum atomic E-state index is -0.524. The predicted octanol–water partition coefficient (Wildman–Crippen LogP) is 2.08. The van der Waals surface area contributed by atoms with Gasteiger partial charge in [-0.15, -0.1) is 5.10 Å². The molecule has 1 aromatic rings. The summed E-state index contributed by atoms with van der Waals surface area (Å²) in [5.74, 6) is -0.0155. The number of nitrogens with one attached hydrogen (secondary N) is 1. The van der Waals surface area contributed by atoms with Crippen molar-refractivity contribution < 1.29 is 14.5 Å². The average molecular weight is 265 g/mol. The van der Waals surface area contributed by atoms with Crippen molar-refractivity contribution in [3.63, 3.8) is 0 Å². The molecule has 0 fully saturated rings. The van der Waals surface area contributed by atoms with Crippen LogP contribution in [0.25, 0.3) is 0 Å². The molecule has 0 radical (unpaired) electrons. The van der Waals surface area contributed by atoms with Gasteiger partial charge in [-0.3, -0.25) is 14.9 Å². The van der Waals surface area contributed by atoms with E-state index in [1.807, 2.05) is 13.8 Å². The standard InChI is InChI=1S/C12H15N3O4/c1-3-11(19-4-2)13-14-12(16)9-5-7-10(8-6-9)15(17)18/h5-8H,3-4H2,1-2H3,(H,14,16)/b13-11+. The molecule has 1 aromatic carbocycles. The molecule has 0 saturated carbocycles. The minimum absolute atomic E-state index is 0.0661. The first-order valence-corrected chi connectivity index (χ1v) is 5.82. The van der Waals surface area contributed by atoms with E-state index in [-0.39, 0.29) is 5.69 Å². The molecule has 1 amide bonds. The van der Waals surface area contributed by atoms with Gasteiger partial charge < -0.3 is 4.74 Å². The molecule has 0 aromatic heterocycles. The molecule has 1 rings (SSSR count). The monoisotopic (exact) mass is 265 g/mol. The molecule has 0 aliphatic heterocycles. The van der Waals surface area contributed by atoms with Crippen LogP contribution in [0.15, 0.2) is 29.4 Å². The molecular formula is C12H15N3O4. The summed E-state index contributed by atoms with van der Waals surface area (Å²) in [5, 5.41) is 14.3. The zero-order valence-electron chi connectivity index (χ0n) is 10.8. The number of hydrogen-bond acceptors (Lipinski definition) is 5. The van der Waals surface area contributed by atoms with Crippen LogP contribution >= 0.6 is 0 Å². The summed E-state index contributed by atoms with van der Waals surface area (Å²) >= 11 is 0. The first-order chi connectivity index (χ1) is 9.08. The Balaban J connectivity index is 2.70. The summed E-state index contributed by atoms with van der Waals surface area (Å²) in [4.78, 5) is 21.7. The van der Waals surface area contributed by atoms with E-state index in [0.717, 1.165) is 0 Å². The summed E-state index contributed by atoms with van der Waals surface area (Å²) in [7, 11) is 0. The highest BCUT2D eigenvalue weighted by atomic mass is 16.6. The van der Waals surface area contributed by atoms with Crippen molar-refractivity contribution >= 4 is 17.5 Å². The zero-order valence-corrected chi connectivity index (χ0v) is 10.8. The Labute approximate surface area is 110 Å². The number of rotatable bonds is 5. The molecule has 7 heteroatoms. The lowest BCUT2D eigenvalue weighted by molar-refractivity contribution is -0.384. The van der Waals surface area contributed by atoms with Gasteiger partial charge >= 0.3 is 0 Å². The third kappa shape index (κ3) is 4.38. The van der Waals surface area contributed by atoms with Gasteiger partial charge in [-0.05, 0) is 19.1 Å². The summed E-state index contributed by atoms with van der Waals surface area (Å²) in [5.41, 5.74) is 2.56. The van der Waals surface area contributed by atoms with E-state index in [1.165, 1.54) is 24.3 Å². The third-order valence-corrected chi connectivity index (χ3v) is 2.24. The van der Waals surface area contributed by atoms with Gasteiger partial charge in [0.25, 0.3) is 11.6 Å². The van der Waals surface area contributed by atoms with Crippen LogP contribution in [0.3, 0.4) is 0 Å². The van der Waals surface area contributed by atoms with Crippen molar-refractivity contribution in [3.05, 3.63) is 39.9 Å². The van der Waals surface area contributed by atoms with Crippen molar-refractivity contribution in [1.82, 2.24) is 5.43 Å². The average Bonchev–Trinajstić information content (AvgIpc) is 2.43. The summed E-state index contributed by atoms with van der Waals surface area (Å²) < 4.78 is 5.17. The maximum Gasteiger partial charge on any atom is 0.271 e. The van der Waals surface area contributed by atoms with Crippen LogP contribution < -0.4 is 5.43 Å². The molecule has 0 saturated heterocycles. The number of carbonyl (C=O) groups is 1. The van der Waals surface area contributed by atoms with E-state index in [1.54, 1.807) is 0 Å². The topological polar surface area (TPSA) is 93.8 Å². The van der Waals surface area contributed by atoms with Crippen molar-refractivity contribution in [2.24, 2.45) is 5.10 Å². The second-order valence-corrected chi connectivity index (χ2v) is 3.54. The molecular weight excluding hydrogens is 250 g/mol. The number of non-ortho nitro benzene ring substituents is 1. The van der Waals surface area contributed by atoms with E-state index in [4.69, 9.17) is 4.74 Å². The first-order valence-electron chi connectivity index (χ1n) is 5.82. The Morgan fingerprint density at radius 3 is 2.47 bits per heavy atom. The highest BCUT2D eigenvalue weighted by Gasteiger charge is 2.09. The number of ether oxygens (including phenoxy) is 1. The van der Waals surface area contributed by atoms with E-state index < -0.39 is 10.8 Å². The summed E-state index contributed by atoms with van der Waals surface area (Å²) in [6, 6.07) is 5.27. The number of amides is 1. The van der Waals surface area contributed by atoms with Gasteiger partial charge in [0.2, 0.25) is 5.90 Å². The molecule has 0 heterocycles. The molecule has 19 heavy (non-hydrogen) atoms. The van der Waals surface area contributed by atoms with Crippen LogP contribution in [0, 0.1) is 10.1 Å². The number of nitro benzene ring substituents is 1. The third-order valence-electron chi connectivity index (χ3n) is 2.24. The number of carbonyl (C=O) groups excluding carboxylic acids is 1. The molecule has 0 bridgehead atoms. The van der Waals surface area contributed by atoms with Crippen LogP contribution in [0.5, 0.6) is 0 Å². The van der Waals surface area contributed by atoms with Gasteiger partial charge in [-0.25, -0.2) is 5.43 Å². The largest absolute Gasteiger partial charge is 0.480 e. The molecule has 0 aliphatic rings. The number of hydrogen-bond donors (Lipinski definition) is 1. The van der Waals surface area contributed by atoms with Crippen molar-refractivity contribution in [2.75, 3.05) is 6.61 Å². The minimum Gasteiger partial charge on any atom is -0.480 e. The SMILES string of the molecule is CCO/C(CC)=N/NC(=O)c1ccc([N+](=O)[O-])cc1. The van der Waals surface area contributed by atoms with Gasteiger partial charge in [-0.1, -0.05) is 6.92 Å². The zero-order chi connectivity index (χ0) is 14.3. The lowest BCUT2D eigenvalue weighted by Crippen LogP contribution is -2.20. The highest BCUT2D eigenvalue weighted by molar-refractivity contribution is 5.95. The van der Waals surface area contributed by atoms with E-state index in [9.17, 15) is 14.9 Å². The number of hydrazone groups is 1. The fraction of sp³-hybridized carbons (Fsp3) is 0.333. The maximum absolute atomic E-state index is 11.7. The second-order valence-electron chi connectivity index (χ2n) is 3.54. The number of nitro groups is 1. The van der Waals surface area contributed by atoms with Crippen molar-refractivity contribution in [3.8, 4) is 0 Å². The van der Waals surface area contributed by atoms with E-state index in [0.29, 0.717) is 24.5 Å². The number of nitrogens with zero attached hydrogens (tertiary/aromatic N) is 2. The smallest absolute Gasteiger partial charge is 0.271 e. The Bertz CT molecular complexity index is 482. The summed E-state index contributed by atoms with van der Waals surface area (Å²) in [6.07, 6.45) is 0.564. The normalized spacial score (nSPS) is 10.9. The fourth-order valence-electron chi connectivity index (χ4n) is 1.29. The first kappa shape index (κ1) is 14.6. The van der Waals surface area contributed by atoms with E-state index >= 15 is 0 Å². The molecule has 7 nitrogen and oxygen atoms in total. The van der Waals surface area contributed by atoms with Crippen LogP contribution in [0.1, 0.15) is 30.6 Å². The quantitative estimate of drug-likeness (QED) is 0.381. The van der Waals surface area contributed by atoms with Crippen LogP contribution in [0.2, 0.25) is 0 Å². The Hall–Kier alpha value is -2.44. The lowest BCUT2D eigenvalue weighted by atomic mass is 10.2. The molecule has 1 N–H and O–H groups in total. The van der Waals surface area contributed by atoms with Gasteiger partial charge in [0, 0.05) is 24.1 Å². The molecule has 0 spiro atoms. The van der Waals surface area contributed by atoms with Crippen LogP contribution in [-0.4, -0.2) is 23.3 Å². The maximum atomic E-state index is 11.7.